The minimum Gasteiger partial charge on any atom is -0.494 e. The zero-order valence-electron chi connectivity index (χ0n) is 15.2. The molecule has 1 aromatic heterocycles. The van der Waals surface area contributed by atoms with Crippen LogP contribution < -0.4 is 20.5 Å². The minimum atomic E-state index is -0.395. The number of aromatic nitrogens is 1. The number of methoxy groups -OCH3 is 1. The number of rotatable bonds is 5. The molecule has 0 radical (unpaired) electrons. The fourth-order valence-corrected chi connectivity index (χ4v) is 4.09. The Kier molecular flexibility index (Phi) is 5.08. The standard InChI is InChI=1S/C19H15ClN4O4S/c1-28-13-7-6-12(20)17-16(13)21-19(29-17)23-22-18(27)10-2-4-11(5-3-10)24-14(25)8-9-15(24)26/h2-7H,8-9H2,1H3,(H,21,23)(H,22,27). The van der Waals surface area contributed by atoms with Crippen molar-refractivity contribution in [1.29, 1.82) is 0 Å². The third kappa shape index (κ3) is 3.62. The molecule has 1 aliphatic heterocycles. The van der Waals surface area contributed by atoms with Gasteiger partial charge in [-0.1, -0.05) is 22.9 Å². The predicted octanol–water partition coefficient (Wildman–Crippen LogP) is 3.37. The summed E-state index contributed by atoms with van der Waals surface area (Å²) in [7, 11) is 1.55. The summed E-state index contributed by atoms with van der Waals surface area (Å²) in [6, 6.07) is 9.68. The Labute approximate surface area is 174 Å². The highest BCUT2D eigenvalue weighted by atomic mass is 35.5. The number of imide groups is 1. The number of nitrogens with one attached hydrogen (secondary N) is 2. The van der Waals surface area contributed by atoms with Crippen LogP contribution in [0.15, 0.2) is 36.4 Å². The van der Waals surface area contributed by atoms with Gasteiger partial charge in [0.2, 0.25) is 16.9 Å². The van der Waals surface area contributed by atoms with E-state index in [0.717, 1.165) is 9.60 Å². The van der Waals surface area contributed by atoms with Crippen LogP contribution >= 0.6 is 22.9 Å². The normalized spacial score (nSPS) is 13.8. The lowest BCUT2D eigenvalue weighted by molar-refractivity contribution is -0.121. The van der Waals surface area contributed by atoms with Crippen LogP contribution in [0.1, 0.15) is 23.2 Å². The highest BCUT2D eigenvalue weighted by Gasteiger charge is 2.30. The molecule has 1 aliphatic rings. The van der Waals surface area contributed by atoms with E-state index in [1.165, 1.54) is 11.3 Å². The largest absolute Gasteiger partial charge is 0.494 e. The van der Waals surface area contributed by atoms with Crippen LogP contribution in [0.25, 0.3) is 10.2 Å². The van der Waals surface area contributed by atoms with Gasteiger partial charge in [0.25, 0.3) is 5.91 Å². The smallest absolute Gasteiger partial charge is 0.269 e. The summed E-state index contributed by atoms with van der Waals surface area (Å²) in [5, 5.41) is 0.990. The monoisotopic (exact) mass is 430 g/mol. The summed E-state index contributed by atoms with van der Waals surface area (Å²) >= 11 is 7.47. The summed E-state index contributed by atoms with van der Waals surface area (Å²) in [6.07, 6.45) is 0.421. The number of carbonyl (C=O) groups excluding carboxylic acids is 3. The maximum Gasteiger partial charge on any atom is 0.269 e. The van der Waals surface area contributed by atoms with Crippen LogP contribution in [-0.4, -0.2) is 29.8 Å². The van der Waals surface area contributed by atoms with Crippen molar-refractivity contribution in [3.05, 3.63) is 47.0 Å². The molecule has 1 fully saturated rings. The van der Waals surface area contributed by atoms with Crippen molar-refractivity contribution in [3.63, 3.8) is 0 Å². The number of amides is 3. The summed E-state index contributed by atoms with van der Waals surface area (Å²) in [5.74, 6) is -0.285. The quantitative estimate of drug-likeness (QED) is 0.475. The van der Waals surface area contributed by atoms with E-state index in [4.69, 9.17) is 16.3 Å². The second-order valence-electron chi connectivity index (χ2n) is 6.20. The highest BCUT2D eigenvalue weighted by Crippen LogP contribution is 2.37. The van der Waals surface area contributed by atoms with Gasteiger partial charge in [0, 0.05) is 18.4 Å². The molecule has 0 saturated carbocycles. The van der Waals surface area contributed by atoms with Crippen LogP contribution in [0.2, 0.25) is 5.02 Å². The lowest BCUT2D eigenvalue weighted by Gasteiger charge is -2.14. The van der Waals surface area contributed by atoms with Gasteiger partial charge in [-0.05, 0) is 36.4 Å². The molecule has 1 saturated heterocycles. The Morgan fingerprint density at radius 2 is 1.83 bits per heavy atom. The highest BCUT2D eigenvalue weighted by molar-refractivity contribution is 7.22. The average molecular weight is 431 g/mol. The van der Waals surface area contributed by atoms with E-state index in [9.17, 15) is 14.4 Å². The van der Waals surface area contributed by atoms with Crippen LogP contribution in [0.4, 0.5) is 10.8 Å². The second kappa shape index (κ2) is 7.69. The molecule has 0 bridgehead atoms. The maximum absolute atomic E-state index is 12.4. The molecule has 4 rings (SSSR count). The molecule has 3 aromatic rings. The minimum absolute atomic E-state index is 0.210. The van der Waals surface area contributed by atoms with E-state index < -0.39 is 5.91 Å². The van der Waals surface area contributed by atoms with Gasteiger partial charge in [-0.25, -0.2) is 4.98 Å². The molecule has 2 aromatic carbocycles. The first-order valence-corrected chi connectivity index (χ1v) is 9.82. The van der Waals surface area contributed by atoms with E-state index in [-0.39, 0.29) is 24.7 Å². The number of hydrazine groups is 1. The first kappa shape index (κ1) is 19.2. The van der Waals surface area contributed by atoms with E-state index in [1.807, 2.05) is 0 Å². The SMILES string of the molecule is COc1ccc(Cl)c2sc(NNC(=O)c3ccc(N4C(=O)CCC4=O)cc3)nc12. The predicted molar refractivity (Wildman–Crippen MR) is 110 cm³/mol. The third-order valence-electron chi connectivity index (χ3n) is 4.40. The van der Waals surface area contributed by atoms with Gasteiger partial charge in [-0.3, -0.25) is 30.1 Å². The number of nitrogens with zero attached hydrogens (tertiary/aromatic N) is 2. The number of carbonyl (C=O) groups is 3. The number of fused-ring (bicyclic) bond motifs is 1. The zero-order valence-corrected chi connectivity index (χ0v) is 16.8. The number of hydrogen-bond donors (Lipinski definition) is 2. The van der Waals surface area contributed by atoms with Crippen molar-refractivity contribution >= 4 is 61.7 Å². The molecule has 0 unspecified atom stereocenters. The maximum atomic E-state index is 12.4. The topological polar surface area (TPSA) is 101 Å². The molecule has 10 heteroatoms. The summed E-state index contributed by atoms with van der Waals surface area (Å²) in [6.45, 7) is 0. The van der Waals surface area contributed by atoms with E-state index in [2.05, 4.69) is 15.8 Å². The van der Waals surface area contributed by atoms with Gasteiger partial charge in [-0.2, -0.15) is 0 Å². The zero-order chi connectivity index (χ0) is 20.5. The number of hydrogen-bond acceptors (Lipinski definition) is 7. The molecule has 8 nitrogen and oxygen atoms in total. The number of halogens is 1. The van der Waals surface area contributed by atoms with Crippen LogP contribution in [0.3, 0.4) is 0 Å². The van der Waals surface area contributed by atoms with Crippen LogP contribution in [-0.2, 0) is 9.59 Å². The number of ether oxygens (including phenoxy) is 1. The van der Waals surface area contributed by atoms with Crippen molar-refractivity contribution in [1.82, 2.24) is 10.4 Å². The molecule has 0 aliphatic carbocycles. The lowest BCUT2D eigenvalue weighted by Crippen LogP contribution is -2.30. The van der Waals surface area contributed by atoms with E-state index in [0.29, 0.717) is 32.7 Å². The van der Waals surface area contributed by atoms with Gasteiger partial charge in [0.15, 0.2) is 0 Å². The number of benzene rings is 2. The first-order valence-electron chi connectivity index (χ1n) is 8.63. The van der Waals surface area contributed by atoms with Crippen LogP contribution in [0, 0.1) is 0 Å². The van der Waals surface area contributed by atoms with Crippen molar-refractivity contribution in [2.45, 2.75) is 12.8 Å². The van der Waals surface area contributed by atoms with Gasteiger partial charge < -0.3 is 4.74 Å². The molecular weight excluding hydrogens is 416 g/mol. The van der Waals surface area contributed by atoms with Crippen molar-refractivity contribution < 1.29 is 19.1 Å². The first-order chi connectivity index (χ1) is 14.0. The van der Waals surface area contributed by atoms with E-state index >= 15 is 0 Å². The van der Waals surface area contributed by atoms with Crippen molar-refractivity contribution in [3.8, 4) is 5.75 Å². The summed E-state index contributed by atoms with van der Waals surface area (Å²) in [5.41, 5.74) is 6.75. The summed E-state index contributed by atoms with van der Waals surface area (Å²) < 4.78 is 6.02. The molecule has 29 heavy (non-hydrogen) atoms. The fraction of sp³-hybridized carbons (Fsp3) is 0.158. The average Bonchev–Trinajstić information content (AvgIpc) is 3.30. The Morgan fingerprint density at radius 3 is 2.48 bits per heavy atom. The Balaban J connectivity index is 1.46. The molecule has 2 heterocycles. The van der Waals surface area contributed by atoms with Gasteiger partial charge >= 0.3 is 0 Å². The Bertz CT molecular complexity index is 1110. The van der Waals surface area contributed by atoms with Gasteiger partial charge in [-0.15, -0.1) is 0 Å². The third-order valence-corrected chi connectivity index (χ3v) is 5.83. The summed E-state index contributed by atoms with van der Waals surface area (Å²) in [4.78, 5) is 41.5. The van der Waals surface area contributed by atoms with Crippen LogP contribution in [0.5, 0.6) is 5.75 Å². The van der Waals surface area contributed by atoms with E-state index in [1.54, 1.807) is 43.5 Å². The lowest BCUT2D eigenvalue weighted by atomic mass is 10.2. The molecule has 2 N–H and O–H groups in total. The second-order valence-corrected chi connectivity index (χ2v) is 7.60. The number of thiazole rings is 1. The van der Waals surface area contributed by atoms with Crippen molar-refractivity contribution in [2.24, 2.45) is 0 Å². The fourth-order valence-electron chi connectivity index (χ4n) is 2.98. The van der Waals surface area contributed by atoms with Crippen molar-refractivity contribution in [2.75, 3.05) is 17.4 Å². The molecular formula is C19H15ClN4O4S. The molecule has 148 valence electrons. The van der Waals surface area contributed by atoms with Gasteiger partial charge in [0.05, 0.1) is 22.5 Å². The van der Waals surface area contributed by atoms with Gasteiger partial charge in [0.1, 0.15) is 11.3 Å². The molecule has 0 spiro atoms. The Morgan fingerprint density at radius 1 is 1.14 bits per heavy atom. The molecule has 0 atom stereocenters. The number of anilines is 2. The Hall–Kier alpha value is -3.17. The molecule has 3 amide bonds.